The molecule has 4 N–H and O–H groups in total. The molecule has 2 aromatic rings. The molecule has 31 heavy (non-hydrogen) atoms. The zero-order valence-electron chi connectivity index (χ0n) is 18.2. The summed E-state index contributed by atoms with van der Waals surface area (Å²) in [6.45, 7) is 6.27. The number of aliphatic imine (C=N–C) groups is 1. The third-order valence-corrected chi connectivity index (χ3v) is 5.27. The highest BCUT2D eigenvalue weighted by molar-refractivity contribution is 5.79. The molecule has 0 aliphatic carbocycles. The molecule has 1 aliphatic heterocycles. The van der Waals surface area contributed by atoms with Crippen LogP contribution in [0.2, 0.25) is 0 Å². The van der Waals surface area contributed by atoms with Crippen LogP contribution >= 0.6 is 0 Å². The summed E-state index contributed by atoms with van der Waals surface area (Å²) in [6.07, 6.45) is 2.51. The van der Waals surface area contributed by atoms with E-state index in [1.807, 2.05) is 18.2 Å². The maximum atomic E-state index is 10.9. The normalized spacial score (nSPS) is 15.5. The number of nitrogens with zero attached hydrogens (tertiary/aromatic N) is 2. The monoisotopic (exact) mass is 423 g/mol. The van der Waals surface area contributed by atoms with E-state index in [1.54, 1.807) is 6.07 Å². The Kier molecular flexibility index (Phi) is 8.72. The van der Waals surface area contributed by atoms with Gasteiger partial charge < -0.3 is 21.1 Å². The Labute approximate surface area is 184 Å². The van der Waals surface area contributed by atoms with Crippen LogP contribution in [-0.2, 0) is 11.3 Å². The first-order valence-corrected chi connectivity index (χ1v) is 11.0. The van der Waals surface area contributed by atoms with Crippen LogP contribution in [0.4, 0.5) is 0 Å². The van der Waals surface area contributed by atoms with Gasteiger partial charge in [0.25, 0.3) is 5.91 Å². The topological polar surface area (TPSA) is 92.0 Å². The number of carbonyl (C=O) groups excluding carboxylic acids is 1. The Balaban J connectivity index is 1.64. The lowest BCUT2D eigenvalue weighted by Gasteiger charge is -2.29. The SMILES string of the molecule is CCNC(=NCc1cccc(OCC(N)=O)c1)NCC(c1ccccc1)N1CCCC1. The molecule has 7 heteroatoms. The van der Waals surface area contributed by atoms with Crippen LogP contribution < -0.4 is 21.1 Å². The first-order chi connectivity index (χ1) is 15.2. The van der Waals surface area contributed by atoms with Crippen molar-refractivity contribution in [2.24, 2.45) is 10.7 Å². The number of rotatable bonds is 10. The average molecular weight is 424 g/mol. The first-order valence-electron chi connectivity index (χ1n) is 11.0. The van der Waals surface area contributed by atoms with Crippen molar-refractivity contribution in [3.8, 4) is 5.75 Å². The second kappa shape index (κ2) is 12.0. The number of carbonyl (C=O) groups is 1. The molecule has 3 rings (SSSR count). The summed E-state index contributed by atoms with van der Waals surface area (Å²) in [4.78, 5) is 18.2. The zero-order chi connectivity index (χ0) is 21.9. The van der Waals surface area contributed by atoms with E-state index in [0.717, 1.165) is 37.7 Å². The van der Waals surface area contributed by atoms with E-state index in [4.69, 9.17) is 15.5 Å². The predicted molar refractivity (Wildman–Crippen MR) is 124 cm³/mol. The molecule has 0 radical (unpaired) electrons. The number of hydrogen-bond acceptors (Lipinski definition) is 4. The van der Waals surface area contributed by atoms with Gasteiger partial charge in [-0.2, -0.15) is 0 Å². The first kappa shape index (κ1) is 22.6. The van der Waals surface area contributed by atoms with Crippen LogP contribution in [0.3, 0.4) is 0 Å². The number of primary amides is 1. The average Bonchev–Trinajstić information content (AvgIpc) is 3.32. The van der Waals surface area contributed by atoms with Crippen molar-refractivity contribution in [3.05, 3.63) is 65.7 Å². The van der Waals surface area contributed by atoms with Crippen molar-refractivity contribution in [2.75, 3.05) is 32.8 Å². The number of ether oxygens (including phenoxy) is 1. The molecule has 0 spiro atoms. The van der Waals surface area contributed by atoms with Gasteiger partial charge in [0.2, 0.25) is 0 Å². The second-order valence-electron chi connectivity index (χ2n) is 7.65. The second-order valence-corrected chi connectivity index (χ2v) is 7.65. The molecule has 1 atom stereocenters. The molecule has 1 heterocycles. The molecule has 1 fully saturated rings. The fourth-order valence-electron chi connectivity index (χ4n) is 3.78. The fourth-order valence-corrected chi connectivity index (χ4v) is 3.78. The summed E-state index contributed by atoms with van der Waals surface area (Å²) in [7, 11) is 0. The van der Waals surface area contributed by atoms with E-state index in [2.05, 4.69) is 52.8 Å². The molecule has 0 saturated carbocycles. The largest absolute Gasteiger partial charge is 0.484 e. The van der Waals surface area contributed by atoms with E-state index in [0.29, 0.717) is 18.3 Å². The van der Waals surface area contributed by atoms with Crippen LogP contribution in [0.5, 0.6) is 5.75 Å². The standard InChI is InChI=1S/C24H33N5O2/c1-2-26-24(27-16-19-9-8-12-21(15-19)31-18-23(25)30)28-17-22(29-13-6-7-14-29)20-10-4-3-5-11-20/h3-5,8-12,15,22H,2,6-7,13-14,16-18H2,1H3,(H2,25,30)(H2,26,27,28). The van der Waals surface area contributed by atoms with Gasteiger partial charge >= 0.3 is 0 Å². The lowest BCUT2D eigenvalue weighted by molar-refractivity contribution is -0.119. The van der Waals surface area contributed by atoms with Crippen LogP contribution in [-0.4, -0.2) is 49.6 Å². The van der Waals surface area contributed by atoms with E-state index in [9.17, 15) is 4.79 Å². The fraction of sp³-hybridized carbons (Fsp3) is 0.417. The number of likely N-dealkylation sites (tertiary alicyclic amines) is 1. The van der Waals surface area contributed by atoms with Crippen molar-refractivity contribution in [1.82, 2.24) is 15.5 Å². The minimum atomic E-state index is -0.493. The summed E-state index contributed by atoms with van der Waals surface area (Å²) in [6, 6.07) is 18.5. The summed E-state index contributed by atoms with van der Waals surface area (Å²) in [5, 5.41) is 6.86. The predicted octanol–water partition coefficient (Wildman–Crippen LogP) is 2.44. The van der Waals surface area contributed by atoms with Crippen molar-refractivity contribution in [1.29, 1.82) is 0 Å². The lowest BCUT2D eigenvalue weighted by Crippen LogP contribution is -2.42. The van der Waals surface area contributed by atoms with Gasteiger partial charge in [-0.25, -0.2) is 4.99 Å². The van der Waals surface area contributed by atoms with Crippen LogP contribution in [0, 0.1) is 0 Å². The van der Waals surface area contributed by atoms with Crippen LogP contribution in [0.1, 0.15) is 36.9 Å². The number of nitrogens with two attached hydrogens (primary N) is 1. The van der Waals surface area contributed by atoms with Crippen LogP contribution in [0.25, 0.3) is 0 Å². The molecule has 0 aromatic heterocycles. The molecule has 1 amide bonds. The summed E-state index contributed by atoms with van der Waals surface area (Å²) in [5.74, 6) is 0.904. The Hall–Kier alpha value is -3.06. The molecular formula is C24H33N5O2. The molecule has 1 saturated heterocycles. The quantitative estimate of drug-likeness (QED) is 0.403. The Morgan fingerprint density at radius 1 is 1.13 bits per heavy atom. The Bertz CT molecular complexity index is 850. The highest BCUT2D eigenvalue weighted by atomic mass is 16.5. The highest BCUT2D eigenvalue weighted by Crippen LogP contribution is 2.24. The van der Waals surface area contributed by atoms with E-state index < -0.39 is 5.91 Å². The number of benzene rings is 2. The van der Waals surface area contributed by atoms with Crippen molar-refractivity contribution in [2.45, 2.75) is 32.4 Å². The smallest absolute Gasteiger partial charge is 0.255 e. The molecule has 1 aliphatic rings. The number of hydrogen-bond donors (Lipinski definition) is 3. The van der Waals surface area contributed by atoms with Gasteiger partial charge in [0.15, 0.2) is 12.6 Å². The number of guanidine groups is 1. The minimum absolute atomic E-state index is 0.131. The maximum absolute atomic E-state index is 10.9. The lowest BCUT2D eigenvalue weighted by atomic mass is 10.1. The third kappa shape index (κ3) is 7.29. The Morgan fingerprint density at radius 3 is 2.61 bits per heavy atom. The molecule has 0 bridgehead atoms. The highest BCUT2D eigenvalue weighted by Gasteiger charge is 2.23. The number of amides is 1. The van der Waals surface area contributed by atoms with Crippen molar-refractivity contribution < 1.29 is 9.53 Å². The van der Waals surface area contributed by atoms with Gasteiger partial charge in [0.05, 0.1) is 12.6 Å². The molecular weight excluding hydrogens is 390 g/mol. The maximum Gasteiger partial charge on any atom is 0.255 e. The van der Waals surface area contributed by atoms with Gasteiger partial charge in [-0.3, -0.25) is 9.69 Å². The number of nitrogens with one attached hydrogen (secondary N) is 2. The molecule has 166 valence electrons. The molecule has 1 unspecified atom stereocenters. The van der Waals surface area contributed by atoms with Crippen molar-refractivity contribution >= 4 is 11.9 Å². The Morgan fingerprint density at radius 2 is 1.90 bits per heavy atom. The third-order valence-electron chi connectivity index (χ3n) is 5.27. The summed E-state index contributed by atoms with van der Waals surface area (Å²) in [5.41, 5.74) is 7.47. The van der Waals surface area contributed by atoms with Gasteiger partial charge in [-0.1, -0.05) is 42.5 Å². The van der Waals surface area contributed by atoms with E-state index in [-0.39, 0.29) is 6.61 Å². The van der Waals surface area contributed by atoms with Gasteiger partial charge in [-0.15, -0.1) is 0 Å². The van der Waals surface area contributed by atoms with Gasteiger partial charge in [0.1, 0.15) is 5.75 Å². The van der Waals surface area contributed by atoms with E-state index >= 15 is 0 Å². The minimum Gasteiger partial charge on any atom is -0.484 e. The van der Waals surface area contributed by atoms with Gasteiger partial charge in [0, 0.05) is 13.1 Å². The van der Waals surface area contributed by atoms with Crippen LogP contribution in [0.15, 0.2) is 59.6 Å². The summed E-state index contributed by atoms with van der Waals surface area (Å²) < 4.78 is 5.39. The van der Waals surface area contributed by atoms with Crippen molar-refractivity contribution in [3.63, 3.8) is 0 Å². The van der Waals surface area contributed by atoms with E-state index in [1.165, 1.54) is 18.4 Å². The summed E-state index contributed by atoms with van der Waals surface area (Å²) >= 11 is 0. The zero-order valence-corrected chi connectivity index (χ0v) is 18.2. The van der Waals surface area contributed by atoms with Gasteiger partial charge in [-0.05, 0) is 56.1 Å². The molecule has 7 nitrogen and oxygen atoms in total. The molecule has 2 aromatic carbocycles.